The van der Waals surface area contributed by atoms with Gasteiger partial charge in [0.05, 0.1) is 11.5 Å². The number of hydrogen-bond donors (Lipinski definition) is 0. The summed E-state index contributed by atoms with van der Waals surface area (Å²) in [5, 5.41) is 0. The lowest BCUT2D eigenvalue weighted by molar-refractivity contribution is 0.174. The molecule has 0 bridgehead atoms. The van der Waals surface area contributed by atoms with Crippen LogP contribution < -0.4 is 0 Å². The van der Waals surface area contributed by atoms with Gasteiger partial charge in [0.1, 0.15) is 0 Å². The predicted octanol–water partition coefficient (Wildman–Crippen LogP) is 2.52. The number of sulfone groups is 1. The Labute approximate surface area is 128 Å². The lowest BCUT2D eigenvalue weighted by Gasteiger charge is -2.30. The highest BCUT2D eigenvalue weighted by Crippen LogP contribution is 2.33. The molecule has 0 spiro atoms. The lowest BCUT2D eigenvalue weighted by atomic mass is 9.99. The summed E-state index contributed by atoms with van der Waals surface area (Å²) in [4.78, 5) is 2.50. The molecule has 2 atom stereocenters. The summed E-state index contributed by atoms with van der Waals surface area (Å²) in [6.45, 7) is 3.31. The van der Waals surface area contributed by atoms with Crippen molar-refractivity contribution in [3.05, 3.63) is 35.9 Å². The van der Waals surface area contributed by atoms with E-state index in [4.69, 9.17) is 0 Å². The Hall–Kier alpha value is -0.870. The summed E-state index contributed by atoms with van der Waals surface area (Å²) < 4.78 is 23.5. The van der Waals surface area contributed by atoms with Gasteiger partial charge in [-0.2, -0.15) is 0 Å². The third kappa shape index (κ3) is 4.07. The van der Waals surface area contributed by atoms with Crippen molar-refractivity contribution in [2.24, 2.45) is 5.92 Å². The van der Waals surface area contributed by atoms with E-state index in [1.54, 1.807) is 0 Å². The van der Waals surface area contributed by atoms with Gasteiger partial charge in [-0.15, -0.1) is 0 Å². The maximum atomic E-state index is 11.7. The molecule has 1 aromatic carbocycles. The van der Waals surface area contributed by atoms with Crippen LogP contribution in [0, 0.1) is 5.92 Å². The van der Waals surface area contributed by atoms with Crippen LogP contribution in [0.1, 0.15) is 31.7 Å². The molecular formula is C17H25NO2S. The Balaban J connectivity index is 1.60. The highest BCUT2D eigenvalue weighted by atomic mass is 32.2. The molecule has 2 fully saturated rings. The van der Waals surface area contributed by atoms with Gasteiger partial charge in [-0.3, -0.25) is 4.90 Å². The monoisotopic (exact) mass is 307 g/mol. The van der Waals surface area contributed by atoms with Crippen LogP contribution in [0.3, 0.4) is 0 Å². The molecule has 1 aliphatic heterocycles. The minimum absolute atomic E-state index is 0.265. The van der Waals surface area contributed by atoms with Crippen molar-refractivity contribution < 1.29 is 8.42 Å². The van der Waals surface area contributed by atoms with E-state index in [9.17, 15) is 8.42 Å². The Morgan fingerprint density at radius 3 is 2.43 bits per heavy atom. The van der Waals surface area contributed by atoms with Crippen molar-refractivity contribution >= 4 is 9.84 Å². The van der Waals surface area contributed by atoms with Crippen molar-refractivity contribution in [3.63, 3.8) is 0 Å². The smallest absolute Gasteiger partial charge is 0.151 e. The molecule has 2 aliphatic rings. The van der Waals surface area contributed by atoms with Crippen molar-refractivity contribution in [3.8, 4) is 0 Å². The van der Waals surface area contributed by atoms with Gasteiger partial charge in [0.15, 0.2) is 9.84 Å². The molecule has 1 aromatic rings. The van der Waals surface area contributed by atoms with Gasteiger partial charge in [-0.25, -0.2) is 8.42 Å². The lowest BCUT2D eigenvalue weighted by Crippen LogP contribution is -2.41. The largest absolute Gasteiger partial charge is 0.296 e. The molecule has 21 heavy (non-hydrogen) atoms. The van der Waals surface area contributed by atoms with Crippen LogP contribution >= 0.6 is 0 Å². The van der Waals surface area contributed by atoms with Crippen LogP contribution in [-0.2, 0) is 16.3 Å². The molecule has 1 saturated carbocycles. The summed E-state index contributed by atoms with van der Waals surface area (Å²) >= 11 is 0. The Kier molecular flexibility index (Phi) is 4.36. The van der Waals surface area contributed by atoms with E-state index in [1.807, 2.05) is 6.07 Å². The minimum Gasteiger partial charge on any atom is -0.296 e. The summed E-state index contributed by atoms with van der Waals surface area (Å²) in [6, 6.07) is 11.5. The van der Waals surface area contributed by atoms with E-state index in [0.717, 1.165) is 19.4 Å². The molecule has 1 aliphatic carbocycles. The molecule has 3 rings (SSSR count). The molecule has 1 heterocycles. The SMILES string of the molecule is C[C@@H](Cc1ccccc1)CN(C1CC1)[C@@H]1CCS(=O)(=O)C1. The van der Waals surface area contributed by atoms with Gasteiger partial charge in [0.2, 0.25) is 0 Å². The van der Waals surface area contributed by atoms with E-state index in [-0.39, 0.29) is 6.04 Å². The van der Waals surface area contributed by atoms with Gasteiger partial charge in [-0.1, -0.05) is 37.3 Å². The molecule has 116 valence electrons. The maximum Gasteiger partial charge on any atom is 0.151 e. The first kappa shape index (κ1) is 15.0. The average molecular weight is 307 g/mol. The molecular weight excluding hydrogens is 282 g/mol. The number of rotatable bonds is 6. The standard InChI is InChI=1S/C17H25NO2S/c1-14(11-15-5-3-2-4-6-15)12-18(16-7-8-16)17-9-10-21(19,20)13-17/h2-6,14,16-17H,7-13H2,1H3/t14-,17+/m0/s1. The van der Waals surface area contributed by atoms with E-state index in [0.29, 0.717) is 23.5 Å². The predicted molar refractivity (Wildman–Crippen MR) is 86.1 cm³/mol. The zero-order valence-corrected chi connectivity index (χ0v) is 13.6. The molecule has 0 amide bonds. The quantitative estimate of drug-likeness (QED) is 0.810. The van der Waals surface area contributed by atoms with Crippen molar-refractivity contribution in [2.45, 2.75) is 44.7 Å². The molecule has 3 nitrogen and oxygen atoms in total. The van der Waals surface area contributed by atoms with E-state index in [2.05, 4.69) is 36.1 Å². The fourth-order valence-electron chi connectivity index (χ4n) is 3.48. The fraction of sp³-hybridized carbons (Fsp3) is 0.647. The van der Waals surface area contributed by atoms with Crippen LogP contribution in [0.4, 0.5) is 0 Å². The Bertz CT molecular complexity index is 566. The second kappa shape index (κ2) is 6.09. The summed E-state index contributed by atoms with van der Waals surface area (Å²) in [7, 11) is -2.78. The second-order valence-electron chi connectivity index (χ2n) is 6.78. The van der Waals surface area contributed by atoms with E-state index < -0.39 is 9.84 Å². The molecule has 0 N–H and O–H groups in total. The normalized spacial score (nSPS) is 26.1. The van der Waals surface area contributed by atoms with Crippen molar-refractivity contribution in [2.75, 3.05) is 18.1 Å². The summed E-state index contributed by atoms with van der Waals surface area (Å²) in [5.74, 6) is 1.33. The van der Waals surface area contributed by atoms with Crippen LogP contribution in [-0.4, -0.2) is 43.5 Å². The van der Waals surface area contributed by atoms with Crippen LogP contribution in [0.2, 0.25) is 0 Å². The zero-order chi connectivity index (χ0) is 14.9. The van der Waals surface area contributed by atoms with Crippen molar-refractivity contribution in [1.29, 1.82) is 0 Å². The molecule has 0 radical (unpaired) electrons. The second-order valence-corrected chi connectivity index (χ2v) is 9.01. The van der Waals surface area contributed by atoms with Crippen molar-refractivity contribution in [1.82, 2.24) is 4.90 Å². The van der Waals surface area contributed by atoms with Crippen LogP contribution in [0.5, 0.6) is 0 Å². The number of hydrogen-bond acceptors (Lipinski definition) is 3. The third-order valence-corrected chi connectivity index (χ3v) is 6.39. The molecule has 4 heteroatoms. The number of nitrogens with zero attached hydrogens (tertiary/aromatic N) is 1. The first-order chi connectivity index (χ1) is 10.0. The van der Waals surface area contributed by atoms with E-state index in [1.165, 1.54) is 18.4 Å². The Morgan fingerprint density at radius 2 is 1.86 bits per heavy atom. The summed E-state index contributed by atoms with van der Waals surface area (Å²) in [6.07, 6.45) is 4.39. The van der Waals surface area contributed by atoms with Gasteiger partial charge in [0, 0.05) is 18.6 Å². The fourth-order valence-corrected chi connectivity index (χ4v) is 5.22. The molecule has 0 unspecified atom stereocenters. The van der Waals surface area contributed by atoms with Crippen LogP contribution in [0.25, 0.3) is 0 Å². The van der Waals surface area contributed by atoms with Gasteiger partial charge in [0.25, 0.3) is 0 Å². The van der Waals surface area contributed by atoms with Gasteiger partial charge >= 0.3 is 0 Å². The first-order valence-electron chi connectivity index (χ1n) is 8.03. The molecule has 0 aromatic heterocycles. The van der Waals surface area contributed by atoms with Gasteiger partial charge in [-0.05, 0) is 37.2 Å². The van der Waals surface area contributed by atoms with E-state index >= 15 is 0 Å². The van der Waals surface area contributed by atoms with Gasteiger partial charge < -0.3 is 0 Å². The maximum absolute atomic E-state index is 11.7. The Morgan fingerprint density at radius 1 is 1.14 bits per heavy atom. The summed E-state index contributed by atoms with van der Waals surface area (Å²) in [5.41, 5.74) is 1.37. The first-order valence-corrected chi connectivity index (χ1v) is 9.86. The van der Waals surface area contributed by atoms with Crippen LogP contribution in [0.15, 0.2) is 30.3 Å². The third-order valence-electron chi connectivity index (χ3n) is 4.64. The minimum atomic E-state index is -2.78. The number of benzene rings is 1. The highest BCUT2D eigenvalue weighted by molar-refractivity contribution is 7.91. The topological polar surface area (TPSA) is 37.4 Å². The highest BCUT2D eigenvalue weighted by Gasteiger charge is 2.39. The molecule has 1 saturated heterocycles. The average Bonchev–Trinajstić information content (AvgIpc) is 3.21. The zero-order valence-electron chi connectivity index (χ0n) is 12.7.